The normalized spacial score (nSPS) is 10.7. The minimum Gasteiger partial charge on any atom is -0.297 e. The lowest BCUT2D eigenvalue weighted by molar-refractivity contribution is 0.112. The van der Waals surface area contributed by atoms with E-state index in [2.05, 4.69) is 4.98 Å². The molecule has 3 heteroatoms. The van der Waals surface area contributed by atoms with Gasteiger partial charge in [-0.15, -0.1) is 11.3 Å². The first-order valence-electron chi connectivity index (χ1n) is 4.51. The zero-order chi connectivity index (χ0) is 10.5. The SMILES string of the molecule is O=Cc1ccc(/C=C/c2ccncc2)s1. The Bertz CT molecular complexity index is 473. The molecule has 0 aliphatic heterocycles. The fourth-order valence-electron chi connectivity index (χ4n) is 1.17. The average molecular weight is 215 g/mol. The molecule has 0 amide bonds. The van der Waals surface area contributed by atoms with E-state index < -0.39 is 0 Å². The molecule has 0 N–H and O–H groups in total. The summed E-state index contributed by atoms with van der Waals surface area (Å²) < 4.78 is 0. The molecule has 0 aliphatic carbocycles. The lowest BCUT2D eigenvalue weighted by Crippen LogP contribution is -1.71. The van der Waals surface area contributed by atoms with Gasteiger partial charge in [0, 0.05) is 17.3 Å². The summed E-state index contributed by atoms with van der Waals surface area (Å²) >= 11 is 1.48. The largest absolute Gasteiger partial charge is 0.297 e. The molecule has 0 spiro atoms. The van der Waals surface area contributed by atoms with Crippen LogP contribution in [0, 0.1) is 0 Å². The van der Waals surface area contributed by atoms with Crippen LogP contribution >= 0.6 is 11.3 Å². The quantitative estimate of drug-likeness (QED) is 0.736. The summed E-state index contributed by atoms with van der Waals surface area (Å²) in [5, 5.41) is 0. The zero-order valence-electron chi connectivity index (χ0n) is 7.96. The van der Waals surface area contributed by atoms with Crippen molar-refractivity contribution in [2.24, 2.45) is 0 Å². The first kappa shape index (κ1) is 9.80. The Morgan fingerprint density at radius 1 is 1.00 bits per heavy atom. The van der Waals surface area contributed by atoms with Crippen molar-refractivity contribution in [2.45, 2.75) is 0 Å². The minimum atomic E-state index is 0.754. The molecule has 0 atom stereocenters. The van der Waals surface area contributed by atoms with Crippen LogP contribution < -0.4 is 0 Å². The van der Waals surface area contributed by atoms with Gasteiger partial charge >= 0.3 is 0 Å². The van der Waals surface area contributed by atoms with E-state index in [1.807, 2.05) is 36.4 Å². The molecule has 2 nitrogen and oxygen atoms in total. The Morgan fingerprint density at radius 2 is 1.73 bits per heavy atom. The summed E-state index contributed by atoms with van der Waals surface area (Å²) in [6.45, 7) is 0. The van der Waals surface area contributed by atoms with Crippen LogP contribution in [0.1, 0.15) is 20.1 Å². The lowest BCUT2D eigenvalue weighted by atomic mass is 10.2. The van der Waals surface area contributed by atoms with Crippen molar-refractivity contribution in [1.29, 1.82) is 0 Å². The Morgan fingerprint density at radius 3 is 2.40 bits per heavy atom. The van der Waals surface area contributed by atoms with Gasteiger partial charge in [-0.05, 0) is 35.9 Å². The number of carbonyl (C=O) groups excluding carboxylic acids is 1. The van der Waals surface area contributed by atoms with Gasteiger partial charge in [0.05, 0.1) is 4.88 Å². The number of hydrogen-bond donors (Lipinski definition) is 0. The van der Waals surface area contributed by atoms with E-state index in [-0.39, 0.29) is 0 Å². The van der Waals surface area contributed by atoms with Crippen molar-refractivity contribution < 1.29 is 4.79 Å². The summed E-state index contributed by atoms with van der Waals surface area (Å²) in [5.41, 5.74) is 1.10. The molecule has 0 fully saturated rings. The van der Waals surface area contributed by atoms with Crippen LogP contribution in [0.4, 0.5) is 0 Å². The molecular weight excluding hydrogens is 206 g/mol. The second-order valence-electron chi connectivity index (χ2n) is 2.97. The number of thiophene rings is 1. The summed E-state index contributed by atoms with van der Waals surface area (Å²) in [7, 11) is 0. The van der Waals surface area contributed by atoms with Crippen molar-refractivity contribution in [3.8, 4) is 0 Å². The molecule has 15 heavy (non-hydrogen) atoms. The predicted molar refractivity (Wildman–Crippen MR) is 62.9 cm³/mol. The first-order chi connectivity index (χ1) is 7.38. The highest BCUT2D eigenvalue weighted by atomic mass is 32.1. The van der Waals surface area contributed by atoms with Gasteiger partial charge < -0.3 is 0 Å². The van der Waals surface area contributed by atoms with Crippen LogP contribution in [0.2, 0.25) is 0 Å². The summed E-state index contributed by atoms with van der Waals surface area (Å²) in [5.74, 6) is 0. The maximum atomic E-state index is 10.5. The van der Waals surface area contributed by atoms with Crippen molar-refractivity contribution in [3.05, 3.63) is 52.0 Å². The molecule has 2 aromatic heterocycles. The lowest BCUT2D eigenvalue weighted by Gasteiger charge is -1.89. The fourth-order valence-corrected chi connectivity index (χ4v) is 1.90. The molecule has 74 valence electrons. The Labute approximate surface area is 91.9 Å². The topological polar surface area (TPSA) is 30.0 Å². The maximum Gasteiger partial charge on any atom is 0.160 e. The van der Waals surface area contributed by atoms with E-state index in [0.29, 0.717) is 0 Å². The zero-order valence-corrected chi connectivity index (χ0v) is 8.78. The molecule has 2 rings (SSSR count). The molecule has 0 saturated carbocycles. The smallest absolute Gasteiger partial charge is 0.160 e. The van der Waals surface area contributed by atoms with Crippen LogP contribution in [0.5, 0.6) is 0 Å². The summed E-state index contributed by atoms with van der Waals surface area (Å²) in [6.07, 6.45) is 8.37. The average Bonchev–Trinajstić information content (AvgIpc) is 2.76. The van der Waals surface area contributed by atoms with Crippen molar-refractivity contribution in [1.82, 2.24) is 4.98 Å². The van der Waals surface area contributed by atoms with E-state index in [9.17, 15) is 4.79 Å². The van der Waals surface area contributed by atoms with Gasteiger partial charge in [0.25, 0.3) is 0 Å². The number of aldehydes is 1. The van der Waals surface area contributed by atoms with Gasteiger partial charge in [-0.2, -0.15) is 0 Å². The van der Waals surface area contributed by atoms with Gasteiger partial charge in [-0.3, -0.25) is 9.78 Å². The second kappa shape index (κ2) is 4.66. The minimum absolute atomic E-state index is 0.754. The number of aromatic nitrogens is 1. The number of carbonyl (C=O) groups is 1. The highest BCUT2D eigenvalue weighted by molar-refractivity contribution is 7.14. The molecule has 0 radical (unpaired) electrons. The van der Waals surface area contributed by atoms with Gasteiger partial charge in [0.2, 0.25) is 0 Å². The molecule has 0 aromatic carbocycles. The van der Waals surface area contributed by atoms with Crippen LogP contribution in [-0.4, -0.2) is 11.3 Å². The van der Waals surface area contributed by atoms with E-state index in [1.165, 1.54) is 11.3 Å². The Balaban J connectivity index is 2.15. The number of hydrogen-bond acceptors (Lipinski definition) is 3. The van der Waals surface area contributed by atoms with E-state index in [4.69, 9.17) is 0 Å². The van der Waals surface area contributed by atoms with E-state index in [1.54, 1.807) is 12.4 Å². The van der Waals surface area contributed by atoms with Gasteiger partial charge in [-0.25, -0.2) is 0 Å². The number of nitrogens with zero attached hydrogens (tertiary/aromatic N) is 1. The fraction of sp³-hybridized carbons (Fsp3) is 0. The third-order valence-corrected chi connectivity index (χ3v) is 2.89. The molecule has 2 heterocycles. The van der Waals surface area contributed by atoms with Crippen LogP contribution in [0.15, 0.2) is 36.7 Å². The van der Waals surface area contributed by atoms with Crippen LogP contribution in [-0.2, 0) is 0 Å². The Hall–Kier alpha value is -1.74. The third-order valence-electron chi connectivity index (χ3n) is 1.91. The summed E-state index contributed by atoms with van der Waals surface area (Å²) in [4.78, 5) is 16.2. The number of rotatable bonds is 3. The predicted octanol–water partition coefficient (Wildman–Crippen LogP) is 3.13. The maximum absolute atomic E-state index is 10.5. The molecule has 0 bridgehead atoms. The molecule has 2 aromatic rings. The monoisotopic (exact) mass is 215 g/mol. The first-order valence-corrected chi connectivity index (χ1v) is 5.33. The highest BCUT2D eigenvalue weighted by Gasteiger charge is 1.94. The third kappa shape index (κ3) is 2.60. The van der Waals surface area contributed by atoms with E-state index in [0.717, 1.165) is 21.6 Å². The molecule has 0 unspecified atom stereocenters. The highest BCUT2D eigenvalue weighted by Crippen LogP contribution is 2.17. The van der Waals surface area contributed by atoms with Crippen molar-refractivity contribution in [2.75, 3.05) is 0 Å². The van der Waals surface area contributed by atoms with Gasteiger partial charge in [0.15, 0.2) is 6.29 Å². The van der Waals surface area contributed by atoms with Crippen LogP contribution in [0.3, 0.4) is 0 Å². The molecular formula is C12H9NOS. The Kier molecular flexibility index (Phi) is 3.05. The van der Waals surface area contributed by atoms with Gasteiger partial charge in [-0.1, -0.05) is 6.08 Å². The molecule has 0 saturated heterocycles. The standard InChI is InChI=1S/C12H9NOS/c14-9-12-4-3-11(15-12)2-1-10-5-7-13-8-6-10/h1-9H/b2-1+. The van der Waals surface area contributed by atoms with Crippen LogP contribution in [0.25, 0.3) is 12.2 Å². The van der Waals surface area contributed by atoms with Gasteiger partial charge in [0.1, 0.15) is 0 Å². The van der Waals surface area contributed by atoms with E-state index >= 15 is 0 Å². The van der Waals surface area contributed by atoms with Crippen molar-refractivity contribution in [3.63, 3.8) is 0 Å². The summed E-state index contributed by atoms with van der Waals surface area (Å²) in [6, 6.07) is 7.63. The molecule has 0 aliphatic rings. The second-order valence-corrected chi connectivity index (χ2v) is 4.12. The number of pyridine rings is 1. The van der Waals surface area contributed by atoms with Crippen molar-refractivity contribution >= 4 is 29.8 Å².